The molecule has 0 radical (unpaired) electrons. The van der Waals surface area contributed by atoms with Gasteiger partial charge in [0.15, 0.2) is 0 Å². The molecule has 2 aliphatic carbocycles. The lowest BCUT2D eigenvalue weighted by atomic mass is 9.75. The number of benzene rings is 1. The summed E-state index contributed by atoms with van der Waals surface area (Å²) >= 11 is 6.28. The van der Waals surface area contributed by atoms with Crippen molar-refractivity contribution in [2.24, 2.45) is 11.8 Å². The Kier molecular flexibility index (Phi) is 4.68. The summed E-state index contributed by atoms with van der Waals surface area (Å²) in [5.74, 6) is 2.49. The van der Waals surface area contributed by atoms with E-state index in [0.29, 0.717) is 12.0 Å². The second kappa shape index (κ2) is 6.49. The van der Waals surface area contributed by atoms with E-state index in [2.05, 4.69) is 24.4 Å². The van der Waals surface area contributed by atoms with Gasteiger partial charge in [0.1, 0.15) is 0 Å². The van der Waals surface area contributed by atoms with E-state index in [1.165, 1.54) is 50.6 Å². The molecule has 1 aromatic carbocycles. The summed E-state index contributed by atoms with van der Waals surface area (Å²) in [7, 11) is 0. The van der Waals surface area contributed by atoms with Crippen LogP contribution in [-0.2, 0) is 0 Å². The monoisotopic (exact) mass is 291 g/mol. The first kappa shape index (κ1) is 14.4. The molecule has 1 nitrogen and oxygen atoms in total. The molecule has 0 spiro atoms. The number of halogens is 1. The van der Waals surface area contributed by atoms with Crippen molar-refractivity contribution in [1.82, 2.24) is 5.32 Å². The lowest BCUT2D eigenvalue weighted by Gasteiger charge is -2.39. The Balaban J connectivity index is 1.43. The van der Waals surface area contributed by atoms with Gasteiger partial charge in [-0.05, 0) is 55.2 Å². The van der Waals surface area contributed by atoms with Gasteiger partial charge in [-0.25, -0.2) is 0 Å². The van der Waals surface area contributed by atoms with Gasteiger partial charge in [0.25, 0.3) is 0 Å². The van der Waals surface area contributed by atoms with Crippen LogP contribution in [0.2, 0.25) is 5.02 Å². The third-order valence-electron chi connectivity index (χ3n) is 5.44. The Morgan fingerprint density at radius 3 is 2.65 bits per heavy atom. The second-order valence-electron chi connectivity index (χ2n) is 6.82. The van der Waals surface area contributed by atoms with Crippen LogP contribution in [-0.4, -0.2) is 12.6 Å². The topological polar surface area (TPSA) is 12.0 Å². The maximum absolute atomic E-state index is 6.28. The minimum atomic E-state index is 0.671. The largest absolute Gasteiger partial charge is 0.314 e. The van der Waals surface area contributed by atoms with Crippen molar-refractivity contribution in [1.29, 1.82) is 0 Å². The summed E-state index contributed by atoms with van der Waals surface area (Å²) in [5, 5.41) is 4.74. The molecule has 0 amide bonds. The van der Waals surface area contributed by atoms with Crippen LogP contribution >= 0.6 is 11.6 Å². The smallest absolute Gasteiger partial charge is 0.0440 e. The average Bonchev–Trinajstić information content (AvgIpc) is 2.41. The van der Waals surface area contributed by atoms with E-state index >= 15 is 0 Å². The van der Waals surface area contributed by atoms with Crippen LogP contribution in [0, 0.1) is 11.8 Å². The normalized spacial score (nSPS) is 33.7. The van der Waals surface area contributed by atoms with E-state index in [4.69, 9.17) is 11.6 Å². The minimum Gasteiger partial charge on any atom is -0.314 e. The van der Waals surface area contributed by atoms with Crippen LogP contribution in [0.5, 0.6) is 0 Å². The van der Waals surface area contributed by atoms with Gasteiger partial charge in [0, 0.05) is 11.1 Å². The quantitative estimate of drug-likeness (QED) is 0.823. The fourth-order valence-electron chi connectivity index (χ4n) is 3.86. The van der Waals surface area contributed by atoms with Gasteiger partial charge in [0.2, 0.25) is 0 Å². The Bertz CT molecular complexity index is 439. The van der Waals surface area contributed by atoms with Gasteiger partial charge in [-0.15, -0.1) is 0 Å². The van der Waals surface area contributed by atoms with Crippen LogP contribution in [0.15, 0.2) is 24.3 Å². The lowest BCUT2D eigenvalue weighted by molar-refractivity contribution is 0.213. The summed E-state index contributed by atoms with van der Waals surface area (Å²) < 4.78 is 0. The summed E-state index contributed by atoms with van der Waals surface area (Å²) in [6, 6.07) is 9.04. The summed E-state index contributed by atoms with van der Waals surface area (Å²) in [4.78, 5) is 0. The highest BCUT2D eigenvalue weighted by Crippen LogP contribution is 2.40. The number of hydrogen-bond donors (Lipinski definition) is 1. The molecule has 110 valence electrons. The number of hydrogen-bond acceptors (Lipinski definition) is 1. The molecule has 20 heavy (non-hydrogen) atoms. The highest BCUT2D eigenvalue weighted by molar-refractivity contribution is 6.31. The maximum atomic E-state index is 6.28. The minimum absolute atomic E-state index is 0.671. The molecule has 2 atom stereocenters. The molecule has 0 heterocycles. The van der Waals surface area contributed by atoms with Crippen LogP contribution in [0.3, 0.4) is 0 Å². The predicted molar refractivity (Wildman–Crippen MR) is 86.3 cm³/mol. The fraction of sp³-hybridized carbons (Fsp3) is 0.667. The summed E-state index contributed by atoms with van der Waals surface area (Å²) in [5.41, 5.74) is 1.35. The maximum Gasteiger partial charge on any atom is 0.0440 e. The third-order valence-corrected chi connectivity index (χ3v) is 5.79. The number of rotatable bonds is 4. The molecule has 0 saturated heterocycles. The average molecular weight is 292 g/mol. The molecule has 2 saturated carbocycles. The van der Waals surface area contributed by atoms with Crippen molar-refractivity contribution in [2.75, 3.05) is 6.54 Å². The van der Waals surface area contributed by atoms with Crippen LogP contribution in [0.1, 0.15) is 56.9 Å². The molecule has 0 bridgehead atoms. The Hall–Kier alpha value is -0.530. The first-order chi connectivity index (χ1) is 9.74. The van der Waals surface area contributed by atoms with Crippen molar-refractivity contribution in [3.8, 4) is 0 Å². The van der Waals surface area contributed by atoms with E-state index in [-0.39, 0.29) is 0 Å². The molecule has 3 rings (SSSR count). The van der Waals surface area contributed by atoms with E-state index in [0.717, 1.165) is 16.9 Å². The Labute approximate surface area is 128 Å². The van der Waals surface area contributed by atoms with Crippen molar-refractivity contribution < 1.29 is 0 Å². The van der Waals surface area contributed by atoms with E-state index < -0.39 is 0 Å². The molecule has 1 N–H and O–H groups in total. The van der Waals surface area contributed by atoms with E-state index in [9.17, 15) is 0 Å². The van der Waals surface area contributed by atoms with Crippen molar-refractivity contribution in [3.63, 3.8) is 0 Å². The van der Waals surface area contributed by atoms with Crippen molar-refractivity contribution in [2.45, 2.75) is 57.4 Å². The molecule has 2 fully saturated rings. The second-order valence-corrected chi connectivity index (χ2v) is 7.22. The fourth-order valence-corrected chi connectivity index (χ4v) is 4.15. The van der Waals surface area contributed by atoms with Crippen molar-refractivity contribution >= 4 is 11.6 Å². The Morgan fingerprint density at radius 2 is 1.90 bits per heavy atom. The van der Waals surface area contributed by atoms with Gasteiger partial charge >= 0.3 is 0 Å². The molecule has 1 aromatic rings. The third kappa shape index (κ3) is 3.20. The van der Waals surface area contributed by atoms with Gasteiger partial charge in [0.05, 0.1) is 0 Å². The highest BCUT2D eigenvalue weighted by atomic mass is 35.5. The Morgan fingerprint density at radius 1 is 1.15 bits per heavy atom. The number of nitrogens with one attached hydrogen (secondary N) is 1. The standard InChI is InChI=1S/C18H26ClN/c1-13-6-2-3-7-14(13)12-20-16-10-15(11-16)17-8-4-5-9-18(17)19/h4-5,8-9,13-16,20H,2-3,6-7,10-12H2,1H3. The first-order valence-electron chi connectivity index (χ1n) is 8.22. The van der Waals surface area contributed by atoms with Gasteiger partial charge in [-0.1, -0.05) is 56.0 Å². The summed E-state index contributed by atoms with van der Waals surface area (Å²) in [6.45, 7) is 3.65. The predicted octanol–water partition coefficient (Wildman–Crippen LogP) is 5.00. The van der Waals surface area contributed by atoms with Gasteiger partial charge < -0.3 is 5.32 Å². The molecule has 2 aliphatic rings. The van der Waals surface area contributed by atoms with Gasteiger partial charge in [-0.3, -0.25) is 0 Å². The molecule has 2 unspecified atom stereocenters. The lowest BCUT2D eigenvalue weighted by Crippen LogP contribution is -2.43. The first-order valence-corrected chi connectivity index (χ1v) is 8.59. The van der Waals surface area contributed by atoms with Crippen LogP contribution in [0.4, 0.5) is 0 Å². The van der Waals surface area contributed by atoms with E-state index in [1.54, 1.807) is 0 Å². The van der Waals surface area contributed by atoms with Gasteiger partial charge in [-0.2, -0.15) is 0 Å². The van der Waals surface area contributed by atoms with E-state index in [1.807, 2.05) is 12.1 Å². The molecule has 0 aromatic heterocycles. The van der Waals surface area contributed by atoms with Crippen LogP contribution in [0.25, 0.3) is 0 Å². The van der Waals surface area contributed by atoms with Crippen molar-refractivity contribution in [3.05, 3.63) is 34.9 Å². The zero-order chi connectivity index (χ0) is 13.9. The molecular formula is C18H26ClN. The van der Waals surface area contributed by atoms with Crippen LogP contribution < -0.4 is 5.32 Å². The highest BCUT2D eigenvalue weighted by Gasteiger charge is 2.32. The SMILES string of the molecule is CC1CCCCC1CNC1CC(c2ccccc2Cl)C1. The molecular weight excluding hydrogens is 266 g/mol. The summed E-state index contributed by atoms with van der Waals surface area (Å²) in [6.07, 6.45) is 8.24. The molecule has 2 heteroatoms. The molecule has 0 aliphatic heterocycles. The zero-order valence-corrected chi connectivity index (χ0v) is 13.2. The zero-order valence-electron chi connectivity index (χ0n) is 12.4.